The number of benzene rings is 1. The number of hydrogen-bond acceptors (Lipinski definition) is 4. The van der Waals surface area contributed by atoms with Gasteiger partial charge >= 0.3 is 0 Å². The first-order valence-corrected chi connectivity index (χ1v) is 10.2. The molecule has 2 bridgehead atoms. The molecule has 6 heteroatoms. The third kappa shape index (κ3) is 2.79. The van der Waals surface area contributed by atoms with E-state index in [1.165, 1.54) is 0 Å². The second-order valence-electron chi connectivity index (χ2n) is 7.76. The van der Waals surface area contributed by atoms with E-state index in [0.717, 1.165) is 45.0 Å². The molecule has 2 aliphatic heterocycles. The monoisotopic (exact) mass is 379 g/mol. The molecule has 5 nitrogen and oxygen atoms in total. The quantitative estimate of drug-likeness (QED) is 0.651. The molecule has 4 heterocycles. The summed E-state index contributed by atoms with van der Waals surface area (Å²) < 4.78 is 3.09. The largest absolute Gasteiger partial charge is 0.342 e. The SMILES string of the molecule is CC(=O)N1C[C@@H]2C[C@H](C1)c1cc(-c3ccc4sc(C)nc4c3)cc(=O)n1C2. The van der Waals surface area contributed by atoms with Gasteiger partial charge in [-0.05, 0) is 48.6 Å². The maximum absolute atomic E-state index is 12.8. The van der Waals surface area contributed by atoms with Gasteiger partial charge in [0, 0.05) is 44.2 Å². The second kappa shape index (κ2) is 6.02. The number of nitrogens with zero attached hydrogens (tertiary/aromatic N) is 3. The summed E-state index contributed by atoms with van der Waals surface area (Å²) in [6, 6.07) is 10.1. The van der Waals surface area contributed by atoms with Gasteiger partial charge in [-0.3, -0.25) is 9.59 Å². The lowest BCUT2D eigenvalue weighted by atomic mass is 9.82. The van der Waals surface area contributed by atoms with Gasteiger partial charge in [0.05, 0.1) is 15.2 Å². The van der Waals surface area contributed by atoms with E-state index in [0.29, 0.717) is 19.0 Å². The molecule has 0 spiro atoms. The number of aryl methyl sites for hydroxylation is 1. The van der Waals surface area contributed by atoms with E-state index in [1.54, 1.807) is 24.3 Å². The smallest absolute Gasteiger partial charge is 0.251 e. The molecule has 27 heavy (non-hydrogen) atoms. The number of piperidine rings is 1. The van der Waals surface area contributed by atoms with Crippen molar-refractivity contribution in [1.29, 1.82) is 0 Å². The Morgan fingerprint density at radius 3 is 2.81 bits per heavy atom. The van der Waals surface area contributed by atoms with Gasteiger partial charge in [0.15, 0.2) is 0 Å². The fourth-order valence-corrected chi connectivity index (χ4v) is 5.41. The van der Waals surface area contributed by atoms with Crippen molar-refractivity contribution < 1.29 is 4.79 Å². The maximum atomic E-state index is 12.8. The summed E-state index contributed by atoms with van der Waals surface area (Å²) in [4.78, 5) is 31.2. The topological polar surface area (TPSA) is 55.2 Å². The summed E-state index contributed by atoms with van der Waals surface area (Å²) in [6.07, 6.45) is 1.05. The normalized spacial score (nSPS) is 21.3. The molecule has 0 saturated carbocycles. The Labute approximate surface area is 161 Å². The van der Waals surface area contributed by atoms with Crippen LogP contribution in [0.2, 0.25) is 0 Å². The van der Waals surface area contributed by atoms with Crippen LogP contribution in [0.25, 0.3) is 21.3 Å². The number of carbonyl (C=O) groups excluding carboxylic acids is 1. The molecule has 0 aliphatic carbocycles. The Kier molecular flexibility index (Phi) is 3.72. The van der Waals surface area contributed by atoms with Crippen molar-refractivity contribution in [3.63, 3.8) is 0 Å². The number of pyridine rings is 1. The van der Waals surface area contributed by atoms with Crippen LogP contribution < -0.4 is 5.56 Å². The van der Waals surface area contributed by atoms with Crippen LogP contribution in [-0.4, -0.2) is 33.4 Å². The molecule has 138 valence electrons. The third-order valence-electron chi connectivity index (χ3n) is 5.83. The first kappa shape index (κ1) is 16.7. The average molecular weight is 379 g/mol. The first-order chi connectivity index (χ1) is 13.0. The molecule has 0 N–H and O–H groups in total. The molecular formula is C21H21N3O2S. The van der Waals surface area contributed by atoms with E-state index in [2.05, 4.69) is 29.2 Å². The Bertz CT molecular complexity index is 1130. The number of rotatable bonds is 1. The average Bonchev–Trinajstić information content (AvgIpc) is 3.01. The Morgan fingerprint density at radius 1 is 1.15 bits per heavy atom. The number of likely N-dealkylation sites (tertiary alicyclic amines) is 1. The number of amides is 1. The van der Waals surface area contributed by atoms with E-state index in [4.69, 9.17) is 0 Å². The summed E-state index contributed by atoms with van der Waals surface area (Å²) >= 11 is 1.68. The molecule has 3 aromatic rings. The van der Waals surface area contributed by atoms with Crippen molar-refractivity contribution in [2.24, 2.45) is 5.92 Å². The minimum absolute atomic E-state index is 0.0584. The number of aromatic nitrogens is 2. The molecule has 1 amide bonds. The van der Waals surface area contributed by atoms with E-state index in [1.807, 2.05) is 16.4 Å². The van der Waals surface area contributed by atoms with Crippen molar-refractivity contribution in [3.05, 3.63) is 51.4 Å². The molecule has 0 unspecified atom stereocenters. The van der Waals surface area contributed by atoms with Crippen molar-refractivity contribution in [3.8, 4) is 11.1 Å². The van der Waals surface area contributed by atoms with E-state index in [-0.39, 0.29) is 17.4 Å². The third-order valence-corrected chi connectivity index (χ3v) is 6.78. The highest BCUT2D eigenvalue weighted by Crippen LogP contribution is 2.37. The van der Waals surface area contributed by atoms with Crippen LogP contribution in [0.5, 0.6) is 0 Å². The summed E-state index contributed by atoms with van der Waals surface area (Å²) in [5.74, 6) is 0.735. The van der Waals surface area contributed by atoms with Crippen molar-refractivity contribution in [1.82, 2.24) is 14.5 Å². The lowest BCUT2D eigenvalue weighted by Crippen LogP contribution is -2.48. The van der Waals surface area contributed by atoms with Gasteiger partial charge in [0.2, 0.25) is 5.91 Å². The zero-order valence-electron chi connectivity index (χ0n) is 15.4. The number of thiazole rings is 1. The van der Waals surface area contributed by atoms with Gasteiger partial charge in [-0.15, -0.1) is 11.3 Å². The zero-order chi connectivity index (χ0) is 18.7. The van der Waals surface area contributed by atoms with Gasteiger partial charge < -0.3 is 9.47 Å². The zero-order valence-corrected chi connectivity index (χ0v) is 16.3. The Morgan fingerprint density at radius 2 is 2.00 bits per heavy atom. The number of fused-ring (bicyclic) bond motifs is 5. The fraction of sp³-hybridized carbons (Fsp3) is 0.381. The van der Waals surface area contributed by atoms with Crippen LogP contribution >= 0.6 is 11.3 Å². The first-order valence-electron chi connectivity index (χ1n) is 9.36. The van der Waals surface area contributed by atoms with Crippen molar-refractivity contribution >= 4 is 27.5 Å². The highest BCUT2D eigenvalue weighted by atomic mass is 32.1. The maximum Gasteiger partial charge on any atom is 0.251 e. The molecule has 5 rings (SSSR count). The predicted octanol–water partition coefficient (Wildman–Crippen LogP) is 3.40. The minimum Gasteiger partial charge on any atom is -0.342 e. The van der Waals surface area contributed by atoms with Gasteiger partial charge in [-0.2, -0.15) is 0 Å². The molecule has 1 aromatic carbocycles. The lowest BCUT2D eigenvalue weighted by Gasteiger charge is -2.42. The summed E-state index contributed by atoms with van der Waals surface area (Å²) in [6.45, 7) is 5.82. The second-order valence-corrected chi connectivity index (χ2v) is 8.99. The Balaban J connectivity index is 1.60. The summed E-state index contributed by atoms with van der Waals surface area (Å²) in [5.41, 5.74) is 4.07. The van der Waals surface area contributed by atoms with Gasteiger partial charge in [0.1, 0.15) is 0 Å². The van der Waals surface area contributed by atoms with Gasteiger partial charge in [0.25, 0.3) is 5.56 Å². The molecule has 0 radical (unpaired) electrons. The predicted molar refractivity (Wildman–Crippen MR) is 107 cm³/mol. The minimum atomic E-state index is 0.0584. The standard InChI is InChI=1S/C21H21N3O2S/c1-12-22-18-6-15(3-4-20(18)27-12)16-7-19-17-5-14(9-23(11-17)13(2)25)10-24(19)21(26)8-16/h3-4,6-8,14,17H,5,9-11H2,1-2H3/t14-,17+/m0/s1. The molecule has 2 atom stereocenters. The van der Waals surface area contributed by atoms with Crippen molar-refractivity contribution in [2.45, 2.75) is 32.7 Å². The van der Waals surface area contributed by atoms with Crippen LogP contribution in [0.1, 0.15) is 30.0 Å². The van der Waals surface area contributed by atoms with Crippen LogP contribution in [0.4, 0.5) is 0 Å². The van der Waals surface area contributed by atoms with E-state index >= 15 is 0 Å². The molecule has 2 aliphatic rings. The highest BCUT2D eigenvalue weighted by molar-refractivity contribution is 7.18. The molecular weight excluding hydrogens is 358 g/mol. The van der Waals surface area contributed by atoms with Gasteiger partial charge in [-0.25, -0.2) is 4.98 Å². The molecule has 2 aromatic heterocycles. The fourth-order valence-electron chi connectivity index (χ4n) is 4.61. The van der Waals surface area contributed by atoms with E-state index in [9.17, 15) is 9.59 Å². The summed E-state index contributed by atoms with van der Waals surface area (Å²) in [5, 5.41) is 1.05. The van der Waals surface area contributed by atoms with Crippen LogP contribution in [-0.2, 0) is 11.3 Å². The van der Waals surface area contributed by atoms with Crippen molar-refractivity contribution in [2.75, 3.05) is 13.1 Å². The summed E-state index contributed by atoms with van der Waals surface area (Å²) in [7, 11) is 0. The van der Waals surface area contributed by atoms with Crippen LogP contribution in [0.15, 0.2) is 35.1 Å². The molecule has 1 fully saturated rings. The molecule has 1 saturated heterocycles. The Hall–Kier alpha value is -2.47. The lowest BCUT2D eigenvalue weighted by molar-refractivity contribution is -0.131. The van der Waals surface area contributed by atoms with Crippen LogP contribution in [0, 0.1) is 12.8 Å². The number of carbonyl (C=O) groups is 1. The van der Waals surface area contributed by atoms with Gasteiger partial charge in [-0.1, -0.05) is 6.07 Å². The van der Waals surface area contributed by atoms with Crippen LogP contribution in [0.3, 0.4) is 0 Å². The van der Waals surface area contributed by atoms with E-state index < -0.39 is 0 Å². The highest BCUT2D eigenvalue weighted by Gasteiger charge is 2.35. The number of hydrogen-bond donors (Lipinski definition) is 0.